The molecule has 0 heterocycles. The molecule has 3 heteroatoms. The molecule has 0 saturated heterocycles. The van der Waals surface area contributed by atoms with Gasteiger partial charge < -0.3 is 5.73 Å². The van der Waals surface area contributed by atoms with Crippen LogP contribution in [0.2, 0.25) is 5.02 Å². The normalized spacial score (nSPS) is 10.4. The van der Waals surface area contributed by atoms with Gasteiger partial charge in [0.1, 0.15) is 0 Å². The SMILES string of the molecule is NCCc1ccc(C(=O)Cc2ccc(Cl)cc2)cc1. The largest absolute Gasteiger partial charge is 0.330 e. The lowest BCUT2D eigenvalue weighted by atomic mass is 10.0. The molecule has 0 fully saturated rings. The van der Waals surface area contributed by atoms with Gasteiger partial charge in [0.05, 0.1) is 0 Å². The van der Waals surface area contributed by atoms with E-state index in [1.54, 1.807) is 12.1 Å². The molecule has 0 atom stereocenters. The van der Waals surface area contributed by atoms with Crippen molar-refractivity contribution >= 4 is 17.4 Å². The summed E-state index contributed by atoms with van der Waals surface area (Å²) in [5, 5.41) is 0.683. The highest BCUT2D eigenvalue weighted by Gasteiger charge is 2.07. The number of carbonyl (C=O) groups is 1. The van der Waals surface area contributed by atoms with Crippen molar-refractivity contribution < 1.29 is 4.79 Å². The number of benzene rings is 2. The Bertz CT molecular complexity index is 546. The summed E-state index contributed by atoms with van der Waals surface area (Å²) in [6.45, 7) is 0.623. The Hall–Kier alpha value is -1.64. The molecule has 0 unspecified atom stereocenters. The molecule has 2 nitrogen and oxygen atoms in total. The third-order valence-corrected chi connectivity index (χ3v) is 3.24. The van der Waals surface area contributed by atoms with Crippen molar-refractivity contribution in [3.8, 4) is 0 Å². The Labute approximate surface area is 118 Å². The molecule has 2 rings (SSSR count). The summed E-state index contributed by atoms with van der Waals surface area (Å²) >= 11 is 5.82. The van der Waals surface area contributed by atoms with E-state index in [1.165, 1.54) is 0 Å². The topological polar surface area (TPSA) is 43.1 Å². The fourth-order valence-corrected chi connectivity index (χ4v) is 2.04. The van der Waals surface area contributed by atoms with E-state index in [0.29, 0.717) is 18.0 Å². The Morgan fingerprint density at radius 2 is 1.53 bits per heavy atom. The fraction of sp³-hybridized carbons (Fsp3) is 0.188. The first-order chi connectivity index (χ1) is 9.19. The van der Waals surface area contributed by atoms with Crippen LogP contribution in [0.4, 0.5) is 0 Å². The second-order valence-electron chi connectivity index (χ2n) is 4.46. The molecule has 0 radical (unpaired) electrons. The smallest absolute Gasteiger partial charge is 0.167 e. The van der Waals surface area contributed by atoms with Crippen LogP contribution in [0.3, 0.4) is 0 Å². The van der Waals surface area contributed by atoms with Gasteiger partial charge in [-0.1, -0.05) is 48.0 Å². The zero-order valence-corrected chi connectivity index (χ0v) is 11.4. The number of halogens is 1. The molecule has 0 bridgehead atoms. The van der Waals surface area contributed by atoms with Crippen LogP contribution in [-0.2, 0) is 12.8 Å². The second-order valence-corrected chi connectivity index (χ2v) is 4.90. The molecule has 2 N–H and O–H groups in total. The summed E-state index contributed by atoms with van der Waals surface area (Å²) in [7, 11) is 0. The zero-order chi connectivity index (χ0) is 13.7. The van der Waals surface area contributed by atoms with E-state index in [4.69, 9.17) is 17.3 Å². The zero-order valence-electron chi connectivity index (χ0n) is 10.6. The average Bonchev–Trinajstić information content (AvgIpc) is 2.42. The summed E-state index contributed by atoms with van der Waals surface area (Å²) in [6.07, 6.45) is 1.24. The van der Waals surface area contributed by atoms with Crippen LogP contribution in [0.15, 0.2) is 48.5 Å². The van der Waals surface area contributed by atoms with Gasteiger partial charge >= 0.3 is 0 Å². The van der Waals surface area contributed by atoms with Gasteiger partial charge in [0.15, 0.2) is 5.78 Å². The van der Waals surface area contributed by atoms with Crippen LogP contribution in [0.5, 0.6) is 0 Å². The molecule has 0 saturated carbocycles. The minimum Gasteiger partial charge on any atom is -0.330 e. The van der Waals surface area contributed by atoms with E-state index in [-0.39, 0.29) is 5.78 Å². The van der Waals surface area contributed by atoms with Crippen molar-refractivity contribution in [3.63, 3.8) is 0 Å². The Kier molecular flexibility index (Phi) is 4.72. The van der Waals surface area contributed by atoms with E-state index >= 15 is 0 Å². The van der Waals surface area contributed by atoms with Crippen molar-refractivity contribution in [2.24, 2.45) is 5.73 Å². The summed E-state index contributed by atoms with van der Waals surface area (Å²) in [5.41, 5.74) is 8.36. The Morgan fingerprint density at radius 3 is 2.11 bits per heavy atom. The minimum absolute atomic E-state index is 0.113. The maximum Gasteiger partial charge on any atom is 0.167 e. The number of ketones is 1. The van der Waals surface area contributed by atoms with Gasteiger partial charge in [0.2, 0.25) is 0 Å². The number of nitrogens with two attached hydrogens (primary N) is 1. The summed E-state index contributed by atoms with van der Waals surface area (Å²) < 4.78 is 0. The van der Waals surface area contributed by atoms with Crippen LogP contribution < -0.4 is 5.73 Å². The lowest BCUT2D eigenvalue weighted by Gasteiger charge is -2.04. The van der Waals surface area contributed by atoms with Gasteiger partial charge in [0.25, 0.3) is 0 Å². The second kappa shape index (κ2) is 6.50. The lowest BCUT2D eigenvalue weighted by Crippen LogP contribution is -2.05. The highest BCUT2D eigenvalue weighted by Crippen LogP contribution is 2.13. The first kappa shape index (κ1) is 13.8. The van der Waals surface area contributed by atoms with E-state index in [2.05, 4.69) is 0 Å². The molecular weight excluding hydrogens is 258 g/mol. The van der Waals surface area contributed by atoms with Crippen molar-refractivity contribution in [2.75, 3.05) is 6.54 Å². The van der Waals surface area contributed by atoms with Crippen LogP contribution in [-0.4, -0.2) is 12.3 Å². The highest BCUT2D eigenvalue weighted by atomic mass is 35.5. The van der Waals surface area contributed by atoms with Gasteiger partial charge in [-0.2, -0.15) is 0 Å². The molecule has 19 heavy (non-hydrogen) atoms. The van der Waals surface area contributed by atoms with Crippen LogP contribution in [0.1, 0.15) is 21.5 Å². The van der Waals surface area contributed by atoms with Gasteiger partial charge in [-0.3, -0.25) is 4.79 Å². The number of Topliss-reactive ketones (excluding diaryl/α,β-unsaturated/α-hetero) is 1. The summed E-state index contributed by atoms with van der Waals surface area (Å²) in [4.78, 5) is 12.1. The molecule has 0 aromatic heterocycles. The first-order valence-corrected chi connectivity index (χ1v) is 6.63. The van der Waals surface area contributed by atoms with Crippen molar-refractivity contribution in [1.29, 1.82) is 0 Å². The van der Waals surface area contributed by atoms with Crippen molar-refractivity contribution in [1.82, 2.24) is 0 Å². The minimum atomic E-state index is 0.113. The Balaban J connectivity index is 2.05. The maximum absolute atomic E-state index is 12.1. The van der Waals surface area contributed by atoms with Crippen LogP contribution >= 0.6 is 11.6 Å². The van der Waals surface area contributed by atoms with E-state index < -0.39 is 0 Å². The predicted octanol–water partition coefficient (Wildman–Crippen LogP) is 3.27. The van der Waals surface area contributed by atoms with E-state index in [0.717, 1.165) is 23.1 Å². The monoisotopic (exact) mass is 273 g/mol. The molecule has 0 amide bonds. The summed E-state index contributed by atoms with van der Waals surface area (Å²) in [6, 6.07) is 15.0. The van der Waals surface area contributed by atoms with E-state index in [1.807, 2.05) is 36.4 Å². The number of hydrogen-bond acceptors (Lipinski definition) is 2. The third kappa shape index (κ3) is 3.91. The van der Waals surface area contributed by atoms with Gasteiger partial charge in [-0.05, 0) is 36.2 Å². The van der Waals surface area contributed by atoms with E-state index in [9.17, 15) is 4.79 Å². The van der Waals surface area contributed by atoms with Crippen molar-refractivity contribution in [2.45, 2.75) is 12.8 Å². The summed E-state index contributed by atoms with van der Waals surface area (Å²) in [5.74, 6) is 0.113. The van der Waals surface area contributed by atoms with Crippen molar-refractivity contribution in [3.05, 3.63) is 70.2 Å². The maximum atomic E-state index is 12.1. The predicted molar refractivity (Wildman–Crippen MR) is 78.7 cm³/mol. The molecule has 0 spiro atoms. The van der Waals surface area contributed by atoms with Gasteiger partial charge in [-0.25, -0.2) is 0 Å². The highest BCUT2D eigenvalue weighted by molar-refractivity contribution is 6.30. The molecule has 98 valence electrons. The fourth-order valence-electron chi connectivity index (χ4n) is 1.91. The first-order valence-electron chi connectivity index (χ1n) is 6.25. The quantitative estimate of drug-likeness (QED) is 0.850. The van der Waals surface area contributed by atoms with Gasteiger partial charge in [-0.15, -0.1) is 0 Å². The molecule has 0 aliphatic carbocycles. The standard InChI is InChI=1S/C16H16ClNO/c17-15-7-3-13(4-8-15)11-16(19)14-5-1-12(2-6-14)9-10-18/h1-8H,9-11,18H2. The van der Waals surface area contributed by atoms with Crippen LogP contribution in [0, 0.1) is 0 Å². The molecule has 0 aliphatic heterocycles. The van der Waals surface area contributed by atoms with Gasteiger partial charge in [0, 0.05) is 17.0 Å². The Morgan fingerprint density at radius 1 is 0.947 bits per heavy atom. The average molecular weight is 274 g/mol. The van der Waals surface area contributed by atoms with Crippen LogP contribution in [0.25, 0.3) is 0 Å². The molecule has 2 aromatic rings. The number of rotatable bonds is 5. The number of hydrogen-bond donors (Lipinski definition) is 1. The molecular formula is C16H16ClNO. The molecule has 2 aromatic carbocycles. The third-order valence-electron chi connectivity index (χ3n) is 2.99. The lowest BCUT2D eigenvalue weighted by molar-refractivity contribution is 0.0993. The molecule has 0 aliphatic rings. The number of carbonyl (C=O) groups excluding carboxylic acids is 1.